The van der Waals surface area contributed by atoms with Crippen LogP contribution in [0.4, 0.5) is 5.69 Å². The number of nitro benzene ring substituents is 1. The van der Waals surface area contributed by atoms with E-state index in [2.05, 4.69) is 38.1 Å². The topological polar surface area (TPSA) is 63.4 Å². The number of phenols is 1. The first kappa shape index (κ1) is 23.0. The second kappa shape index (κ2) is 10.2. The summed E-state index contributed by atoms with van der Waals surface area (Å²) in [7, 11) is 0. The zero-order chi connectivity index (χ0) is 23.4. The van der Waals surface area contributed by atoms with Crippen molar-refractivity contribution in [1.82, 2.24) is 0 Å². The molecule has 33 heavy (non-hydrogen) atoms. The Morgan fingerprint density at radius 3 is 2.36 bits per heavy atom. The molecule has 172 valence electrons. The Kier molecular flexibility index (Phi) is 7.12. The summed E-state index contributed by atoms with van der Waals surface area (Å²) in [4.78, 5) is 10.7. The minimum atomic E-state index is -0.343. The van der Waals surface area contributed by atoms with E-state index >= 15 is 0 Å². The van der Waals surface area contributed by atoms with Gasteiger partial charge in [-0.25, -0.2) is 0 Å². The highest BCUT2D eigenvalue weighted by Gasteiger charge is 2.21. The molecule has 3 aromatic carbocycles. The van der Waals surface area contributed by atoms with Gasteiger partial charge in [-0.2, -0.15) is 0 Å². The van der Waals surface area contributed by atoms with Crippen LogP contribution >= 0.6 is 0 Å². The Labute approximate surface area is 196 Å². The normalized spacial score (nSPS) is 15.3. The van der Waals surface area contributed by atoms with Gasteiger partial charge in [-0.3, -0.25) is 10.1 Å². The van der Waals surface area contributed by atoms with Gasteiger partial charge >= 0.3 is 0 Å². The van der Waals surface area contributed by atoms with Gasteiger partial charge in [0.1, 0.15) is 5.75 Å². The summed E-state index contributed by atoms with van der Waals surface area (Å²) in [5, 5.41) is 20.9. The Bertz CT molecular complexity index is 1110. The van der Waals surface area contributed by atoms with Crippen LogP contribution in [0.15, 0.2) is 60.7 Å². The molecule has 0 bridgehead atoms. The third-order valence-electron chi connectivity index (χ3n) is 7.18. The lowest BCUT2D eigenvalue weighted by atomic mass is 9.79. The van der Waals surface area contributed by atoms with Gasteiger partial charge in [-0.15, -0.1) is 0 Å². The molecule has 4 heteroatoms. The van der Waals surface area contributed by atoms with E-state index in [1.54, 1.807) is 18.2 Å². The average Bonchev–Trinajstić information content (AvgIpc) is 2.85. The van der Waals surface area contributed by atoms with Crippen molar-refractivity contribution >= 4 is 5.69 Å². The van der Waals surface area contributed by atoms with Crippen LogP contribution < -0.4 is 0 Å². The van der Waals surface area contributed by atoms with Gasteiger partial charge in [0, 0.05) is 12.1 Å². The van der Waals surface area contributed by atoms with Crippen LogP contribution in [0.2, 0.25) is 0 Å². The van der Waals surface area contributed by atoms with Gasteiger partial charge in [-0.1, -0.05) is 57.4 Å². The Balaban J connectivity index is 1.68. The molecule has 0 heterocycles. The number of rotatable bonds is 7. The lowest BCUT2D eigenvalue weighted by Gasteiger charge is -2.26. The van der Waals surface area contributed by atoms with E-state index in [1.165, 1.54) is 59.9 Å². The predicted octanol–water partition coefficient (Wildman–Crippen LogP) is 7.92. The SMILES string of the molecule is CCc1cc(O)ccc1CC(C)c1ccc(-c2ccc([N+](=O)[O-])cc2)c(C2CCCCC2)c1. The molecular weight excluding hydrogens is 410 g/mol. The van der Waals surface area contributed by atoms with Crippen LogP contribution in [0.1, 0.15) is 80.0 Å². The van der Waals surface area contributed by atoms with Gasteiger partial charge in [-0.05, 0) is 95.2 Å². The third-order valence-corrected chi connectivity index (χ3v) is 7.18. The number of nitrogens with zero attached hydrogens (tertiary/aromatic N) is 1. The van der Waals surface area contributed by atoms with Crippen molar-refractivity contribution in [1.29, 1.82) is 0 Å². The molecule has 0 amide bonds. The third kappa shape index (κ3) is 5.27. The van der Waals surface area contributed by atoms with Gasteiger partial charge < -0.3 is 5.11 Å². The van der Waals surface area contributed by atoms with E-state index in [1.807, 2.05) is 18.2 Å². The van der Waals surface area contributed by atoms with E-state index in [4.69, 9.17) is 0 Å². The van der Waals surface area contributed by atoms with E-state index in [0.29, 0.717) is 17.6 Å². The van der Waals surface area contributed by atoms with E-state index in [9.17, 15) is 15.2 Å². The molecule has 0 spiro atoms. The van der Waals surface area contributed by atoms with Gasteiger partial charge in [0.2, 0.25) is 0 Å². The monoisotopic (exact) mass is 443 g/mol. The summed E-state index contributed by atoms with van der Waals surface area (Å²) < 4.78 is 0. The van der Waals surface area contributed by atoms with E-state index in [-0.39, 0.29) is 10.6 Å². The van der Waals surface area contributed by atoms with Crippen molar-refractivity contribution in [2.75, 3.05) is 0 Å². The molecule has 1 N–H and O–H groups in total. The first-order valence-electron chi connectivity index (χ1n) is 12.2. The lowest BCUT2D eigenvalue weighted by molar-refractivity contribution is -0.384. The molecule has 1 aliphatic carbocycles. The smallest absolute Gasteiger partial charge is 0.269 e. The second-order valence-corrected chi connectivity index (χ2v) is 9.40. The van der Waals surface area contributed by atoms with Gasteiger partial charge in [0.25, 0.3) is 5.69 Å². The van der Waals surface area contributed by atoms with Crippen LogP contribution in [0.5, 0.6) is 5.75 Å². The first-order valence-corrected chi connectivity index (χ1v) is 12.2. The number of benzene rings is 3. The number of hydrogen-bond acceptors (Lipinski definition) is 3. The maximum Gasteiger partial charge on any atom is 0.269 e. The maximum atomic E-state index is 11.1. The van der Waals surface area contributed by atoms with Crippen molar-refractivity contribution in [3.8, 4) is 16.9 Å². The molecule has 3 aromatic rings. The molecule has 1 saturated carbocycles. The molecule has 4 nitrogen and oxygen atoms in total. The van der Waals surface area contributed by atoms with Crippen LogP contribution in [0.3, 0.4) is 0 Å². The second-order valence-electron chi connectivity index (χ2n) is 9.40. The van der Waals surface area contributed by atoms with Crippen LogP contribution in [-0.2, 0) is 12.8 Å². The van der Waals surface area contributed by atoms with Crippen LogP contribution in [-0.4, -0.2) is 10.0 Å². The van der Waals surface area contributed by atoms with Crippen LogP contribution in [0.25, 0.3) is 11.1 Å². The lowest BCUT2D eigenvalue weighted by Crippen LogP contribution is -2.08. The van der Waals surface area contributed by atoms with E-state index in [0.717, 1.165) is 18.4 Å². The molecule has 1 atom stereocenters. The highest BCUT2D eigenvalue weighted by Crippen LogP contribution is 2.40. The van der Waals surface area contributed by atoms with Crippen molar-refractivity contribution in [3.05, 3.63) is 93.0 Å². The summed E-state index contributed by atoms with van der Waals surface area (Å²) in [5.74, 6) is 1.22. The molecule has 0 aromatic heterocycles. The standard InChI is InChI=1S/C29H33NO3/c1-3-21-18-27(31)15-11-25(21)17-20(2)24-12-16-28(23-9-13-26(14-10-23)30(32)33)29(19-24)22-7-5-4-6-8-22/h9-16,18-20,22,31H,3-8,17H2,1-2H3. The Morgan fingerprint density at radius 2 is 1.70 bits per heavy atom. The zero-order valence-corrected chi connectivity index (χ0v) is 19.6. The Hall–Kier alpha value is -3.14. The summed E-state index contributed by atoms with van der Waals surface area (Å²) in [6, 6.07) is 19.5. The predicted molar refractivity (Wildman–Crippen MR) is 134 cm³/mol. The maximum absolute atomic E-state index is 11.1. The Morgan fingerprint density at radius 1 is 0.970 bits per heavy atom. The number of nitro groups is 1. The highest BCUT2D eigenvalue weighted by molar-refractivity contribution is 5.70. The largest absolute Gasteiger partial charge is 0.508 e. The number of hydrogen-bond donors (Lipinski definition) is 1. The summed E-state index contributed by atoms with van der Waals surface area (Å²) >= 11 is 0. The first-order chi connectivity index (χ1) is 16.0. The minimum Gasteiger partial charge on any atom is -0.508 e. The molecule has 0 aliphatic heterocycles. The number of aryl methyl sites for hydroxylation is 1. The minimum absolute atomic E-state index is 0.129. The molecular formula is C29H33NO3. The molecule has 1 unspecified atom stereocenters. The fraction of sp³-hybridized carbons (Fsp3) is 0.379. The van der Waals surface area contributed by atoms with Gasteiger partial charge in [0.05, 0.1) is 4.92 Å². The van der Waals surface area contributed by atoms with Gasteiger partial charge in [0.15, 0.2) is 0 Å². The van der Waals surface area contributed by atoms with Crippen molar-refractivity contribution < 1.29 is 10.0 Å². The van der Waals surface area contributed by atoms with Crippen LogP contribution in [0, 0.1) is 10.1 Å². The summed E-state index contributed by atoms with van der Waals surface area (Å²) in [6.45, 7) is 4.40. The molecule has 0 saturated heterocycles. The zero-order valence-electron chi connectivity index (χ0n) is 19.6. The molecule has 1 aliphatic rings. The molecule has 4 rings (SSSR count). The number of aromatic hydroxyl groups is 1. The van der Waals surface area contributed by atoms with Crippen molar-refractivity contribution in [3.63, 3.8) is 0 Å². The van der Waals surface area contributed by atoms with E-state index < -0.39 is 0 Å². The molecule has 1 fully saturated rings. The number of phenolic OH excluding ortho intramolecular Hbond substituents is 1. The van der Waals surface area contributed by atoms with Crippen molar-refractivity contribution in [2.24, 2.45) is 0 Å². The summed E-state index contributed by atoms with van der Waals surface area (Å²) in [5.41, 5.74) is 7.59. The fourth-order valence-corrected chi connectivity index (χ4v) is 5.25. The fourth-order valence-electron chi connectivity index (χ4n) is 5.25. The van der Waals surface area contributed by atoms with Crippen molar-refractivity contribution in [2.45, 2.75) is 70.6 Å². The highest BCUT2D eigenvalue weighted by atomic mass is 16.6. The average molecular weight is 444 g/mol. The summed E-state index contributed by atoms with van der Waals surface area (Å²) in [6.07, 6.45) is 8.08. The number of non-ortho nitro benzene ring substituents is 1. The molecule has 0 radical (unpaired) electrons. The quantitative estimate of drug-likeness (QED) is 0.298.